The van der Waals surface area contributed by atoms with Gasteiger partial charge in [0, 0.05) is 23.9 Å². The van der Waals surface area contributed by atoms with Crippen LogP contribution in [-0.2, 0) is 19.0 Å². The lowest BCUT2D eigenvalue weighted by atomic mass is 10.1. The third-order valence-electron chi connectivity index (χ3n) is 3.64. The molecule has 1 aromatic carbocycles. The second-order valence-corrected chi connectivity index (χ2v) is 4.97. The lowest BCUT2D eigenvalue weighted by Gasteiger charge is -2.14. The summed E-state index contributed by atoms with van der Waals surface area (Å²) in [4.78, 5) is 8.64. The number of aryl methyl sites for hydroxylation is 1. The molecule has 0 radical (unpaired) electrons. The van der Waals surface area contributed by atoms with Crippen LogP contribution in [0.15, 0.2) is 24.3 Å². The van der Waals surface area contributed by atoms with Crippen molar-refractivity contribution in [2.45, 2.75) is 25.4 Å². The van der Waals surface area contributed by atoms with Gasteiger partial charge in [-0.25, -0.2) is 9.97 Å². The fraction of sp³-hybridized carbons (Fsp3) is 0.333. The number of aromatic nitrogens is 2. The van der Waals surface area contributed by atoms with Crippen LogP contribution >= 0.6 is 0 Å². The van der Waals surface area contributed by atoms with E-state index in [1.807, 2.05) is 0 Å². The molecule has 0 spiro atoms. The van der Waals surface area contributed by atoms with E-state index in [4.69, 9.17) is 0 Å². The van der Waals surface area contributed by atoms with Crippen LogP contribution in [0.1, 0.15) is 23.2 Å². The SMILES string of the molecule is CNc1nc(-c2ccccc2C(F)(F)F)nc2c1CCC2. The Kier molecular flexibility index (Phi) is 3.31. The van der Waals surface area contributed by atoms with Crippen molar-refractivity contribution in [1.82, 2.24) is 9.97 Å². The Morgan fingerprint density at radius 3 is 2.57 bits per heavy atom. The van der Waals surface area contributed by atoms with Crippen molar-refractivity contribution in [3.8, 4) is 11.4 Å². The first-order valence-electron chi connectivity index (χ1n) is 6.75. The fourth-order valence-electron chi connectivity index (χ4n) is 2.68. The molecule has 0 saturated heterocycles. The normalized spacial score (nSPS) is 14.1. The van der Waals surface area contributed by atoms with Crippen LogP contribution in [0, 0.1) is 0 Å². The molecule has 0 aliphatic heterocycles. The number of hydrogen-bond donors (Lipinski definition) is 1. The summed E-state index contributed by atoms with van der Waals surface area (Å²) >= 11 is 0. The average molecular weight is 293 g/mol. The lowest BCUT2D eigenvalue weighted by molar-refractivity contribution is -0.137. The monoisotopic (exact) mass is 293 g/mol. The van der Waals surface area contributed by atoms with E-state index in [1.165, 1.54) is 12.1 Å². The molecule has 1 aromatic heterocycles. The number of benzene rings is 1. The molecule has 0 bridgehead atoms. The largest absolute Gasteiger partial charge is 0.417 e. The van der Waals surface area contributed by atoms with Gasteiger partial charge in [0.1, 0.15) is 5.82 Å². The van der Waals surface area contributed by atoms with Gasteiger partial charge in [-0.2, -0.15) is 13.2 Å². The van der Waals surface area contributed by atoms with Gasteiger partial charge in [-0.05, 0) is 25.3 Å². The van der Waals surface area contributed by atoms with Crippen LogP contribution in [0.25, 0.3) is 11.4 Å². The van der Waals surface area contributed by atoms with Gasteiger partial charge in [0.25, 0.3) is 0 Å². The molecule has 1 N–H and O–H groups in total. The molecular formula is C15H14F3N3. The number of alkyl halides is 3. The summed E-state index contributed by atoms with van der Waals surface area (Å²) in [5, 5.41) is 2.96. The van der Waals surface area contributed by atoms with Gasteiger partial charge < -0.3 is 5.32 Å². The topological polar surface area (TPSA) is 37.8 Å². The third kappa shape index (κ3) is 2.46. The number of nitrogens with zero attached hydrogens (tertiary/aromatic N) is 2. The highest BCUT2D eigenvalue weighted by Crippen LogP contribution is 2.37. The van der Waals surface area contributed by atoms with Gasteiger partial charge in [-0.3, -0.25) is 0 Å². The molecule has 1 aliphatic carbocycles. The van der Waals surface area contributed by atoms with E-state index in [0.717, 1.165) is 36.6 Å². The van der Waals surface area contributed by atoms with Crippen molar-refractivity contribution in [3.63, 3.8) is 0 Å². The molecule has 0 saturated carbocycles. The number of halogens is 3. The highest BCUT2D eigenvalue weighted by Gasteiger charge is 2.34. The van der Waals surface area contributed by atoms with Crippen molar-refractivity contribution in [2.75, 3.05) is 12.4 Å². The molecule has 0 unspecified atom stereocenters. The number of hydrogen-bond acceptors (Lipinski definition) is 3. The smallest absolute Gasteiger partial charge is 0.373 e. The zero-order valence-electron chi connectivity index (χ0n) is 11.5. The molecular weight excluding hydrogens is 279 g/mol. The van der Waals surface area contributed by atoms with E-state index >= 15 is 0 Å². The molecule has 0 atom stereocenters. The first-order valence-corrected chi connectivity index (χ1v) is 6.75. The molecule has 1 aliphatic rings. The molecule has 0 fully saturated rings. The summed E-state index contributed by atoms with van der Waals surface area (Å²) in [6.45, 7) is 0. The lowest BCUT2D eigenvalue weighted by Crippen LogP contribution is -2.09. The Bertz CT molecular complexity index is 680. The first kappa shape index (κ1) is 13.9. The summed E-state index contributed by atoms with van der Waals surface area (Å²) < 4.78 is 39.4. The summed E-state index contributed by atoms with van der Waals surface area (Å²) in [5.74, 6) is 0.761. The Balaban J connectivity index is 2.18. The van der Waals surface area contributed by atoms with Crippen molar-refractivity contribution >= 4 is 5.82 Å². The minimum Gasteiger partial charge on any atom is -0.373 e. The molecule has 0 amide bonds. The molecule has 1 heterocycles. The van der Waals surface area contributed by atoms with Crippen molar-refractivity contribution in [3.05, 3.63) is 41.1 Å². The van der Waals surface area contributed by atoms with Gasteiger partial charge in [-0.15, -0.1) is 0 Å². The minimum atomic E-state index is -4.42. The Labute approximate surface area is 120 Å². The summed E-state index contributed by atoms with van der Waals surface area (Å²) in [5.41, 5.74) is 1.19. The van der Waals surface area contributed by atoms with E-state index < -0.39 is 11.7 Å². The zero-order chi connectivity index (χ0) is 15.0. The maximum Gasteiger partial charge on any atom is 0.417 e. The van der Waals surface area contributed by atoms with Crippen LogP contribution in [0.2, 0.25) is 0 Å². The van der Waals surface area contributed by atoms with Crippen LogP contribution in [0.4, 0.5) is 19.0 Å². The molecule has 6 heteroatoms. The zero-order valence-corrected chi connectivity index (χ0v) is 11.5. The molecule has 21 heavy (non-hydrogen) atoms. The highest BCUT2D eigenvalue weighted by atomic mass is 19.4. The van der Waals surface area contributed by atoms with Crippen LogP contribution in [0.3, 0.4) is 0 Å². The second kappa shape index (κ2) is 5.02. The van der Waals surface area contributed by atoms with Crippen LogP contribution in [0.5, 0.6) is 0 Å². The van der Waals surface area contributed by atoms with E-state index in [0.29, 0.717) is 5.82 Å². The minimum absolute atomic E-state index is 0.0243. The van der Waals surface area contributed by atoms with E-state index in [1.54, 1.807) is 13.1 Å². The van der Waals surface area contributed by atoms with Crippen LogP contribution in [-0.4, -0.2) is 17.0 Å². The highest BCUT2D eigenvalue weighted by molar-refractivity contribution is 5.64. The maximum atomic E-state index is 13.1. The predicted molar refractivity (Wildman–Crippen MR) is 74.0 cm³/mol. The number of nitrogens with one attached hydrogen (secondary N) is 1. The number of fused-ring (bicyclic) bond motifs is 1. The van der Waals surface area contributed by atoms with E-state index in [-0.39, 0.29) is 11.4 Å². The van der Waals surface area contributed by atoms with Gasteiger partial charge in [0.2, 0.25) is 0 Å². The predicted octanol–water partition coefficient (Wildman–Crippen LogP) is 3.69. The fourth-order valence-corrected chi connectivity index (χ4v) is 2.68. The number of anilines is 1. The van der Waals surface area contributed by atoms with Crippen LogP contribution < -0.4 is 5.32 Å². The Morgan fingerprint density at radius 1 is 1.10 bits per heavy atom. The van der Waals surface area contributed by atoms with Crippen molar-refractivity contribution in [1.29, 1.82) is 0 Å². The summed E-state index contributed by atoms with van der Waals surface area (Å²) in [6, 6.07) is 5.42. The van der Waals surface area contributed by atoms with E-state index in [2.05, 4.69) is 15.3 Å². The van der Waals surface area contributed by atoms with Gasteiger partial charge in [0.05, 0.1) is 5.56 Å². The quantitative estimate of drug-likeness (QED) is 0.917. The number of rotatable bonds is 2. The van der Waals surface area contributed by atoms with Gasteiger partial charge >= 0.3 is 6.18 Å². The standard InChI is InChI=1S/C15H14F3N3/c1-19-13-10-6-4-8-12(10)20-14(21-13)9-5-2-3-7-11(9)15(16,17)18/h2-3,5,7H,4,6,8H2,1H3,(H,19,20,21). The molecule has 3 nitrogen and oxygen atoms in total. The second-order valence-electron chi connectivity index (χ2n) is 4.97. The summed E-state index contributed by atoms with van der Waals surface area (Å²) in [7, 11) is 1.72. The Hall–Kier alpha value is -2.11. The maximum absolute atomic E-state index is 13.1. The molecule has 110 valence electrons. The summed E-state index contributed by atoms with van der Waals surface area (Å²) in [6.07, 6.45) is -1.80. The van der Waals surface area contributed by atoms with Gasteiger partial charge in [0.15, 0.2) is 5.82 Å². The molecule has 2 aromatic rings. The van der Waals surface area contributed by atoms with Crippen molar-refractivity contribution in [2.24, 2.45) is 0 Å². The third-order valence-corrected chi connectivity index (χ3v) is 3.64. The first-order chi connectivity index (χ1) is 10.0. The van der Waals surface area contributed by atoms with E-state index in [9.17, 15) is 13.2 Å². The molecule has 3 rings (SSSR count). The average Bonchev–Trinajstić information content (AvgIpc) is 2.93. The van der Waals surface area contributed by atoms with Crippen molar-refractivity contribution < 1.29 is 13.2 Å². The Morgan fingerprint density at radius 2 is 1.86 bits per heavy atom. The van der Waals surface area contributed by atoms with Gasteiger partial charge in [-0.1, -0.05) is 18.2 Å².